The third-order valence-corrected chi connectivity index (χ3v) is 5.18. The summed E-state index contributed by atoms with van der Waals surface area (Å²) in [6.45, 7) is 0.987. The fourth-order valence-electron chi connectivity index (χ4n) is 3.70. The lowest BCUT2D eigenvalue weighted by Crippen LogP contribution is -2.38. The lowest BCUT2D eigenvalue weighted by Gasteiger charge is -2.31. The summed E-state index contributed by atoms with van der Waals surface area (Å²) < 4.78 is 1.76. The first-order valence-corrected chi connectivity index (χ1v) is 9.61. The van der Waals surface area contributed by atoms with Crippen molar-refractivity contribution >= 4 is 17.5 Å². The van der Waals surface area contributed by atoms with Crippen LogP contribution in [-0.2, 0) is 13.6 Å². The van der Waals surface area contributed by atoms with Gasteiger partial charge in [0.2, 0.25) is 5.95 Å². The van der Waals surface area contributed by atoms with Crippen LogP contribution in [0.4, 0.5) is 11.6 Å². The van der Waals surface area contributed by atoms with Crippen LogP contribution in [0.5, 0.6) is 0 Å². The summed E-state index contributed by atoms with van der Waals surface area (Å²) in [6.07, 6.45) is 8.58. The molecule has 0 saturated carbocycles. The molecule has 1 atom stereocenters. The largest absolute Gasteiger partial charge is 0.347 e. The Labute approximate surface area is 172 Å². The molecule has 5 rings (SSSR count). The van der Waals surface area contributed by atoms with Crippen LogP contribution in [0.1, 0.15) is 33.2 Å². The number of carbonyl (C=O) groups excluding carboxylic acids is 1. The molecule has 3 aromatic heterocycles. The van der Waals surface area contributed by atoms with E-state index < -0.39 is 0 Å². The Morgan fingerprint density at radius 2 is 1.93 bits per heavy atom. The zero-order valence-corrected chi connectivity index (χ0v) is 16.4. The molecular weight excluding hydrogens is 380 g/mol. The third-order valence-electron chi connectivity index (χ3n) is 5.18. The highest BCUT2D eigenvalue weighted by Gasteiger charge is 2.32. The minimum absolute atomic E-state index is 0.0300. The van der Waals surface area contributed by atoms with Crippen LogP contribution in [0.15, 0.2) is 61.4 Å². The van der Waals surface area contributed by atoms with Gasteiger partial charge in [-0.3, -0.25) is 9.48 Å². The summed E-state index contributed by atoms with van der Waals surface area (Å²) in [6, 6.07) is 9.65. The number of aryl methyl sites for hydroxylation is 1. The molecule has 9 nitrogen and oxygen atoms in total. The van der Waals surface area contributed by atoms with Crippen LogP contribution in [0.25, 0.3) is 0 Å². The minimum atomic E-state index is -0.115. The van der Waals surface area contributed by atoms with E-state index in [0.717, 1.165) is 22.6 Å². The summed E-state index contributed by atoms with van der Waals surface area (Å²) in [7, 11) is 1.88. The van der Waals surface area contributed by atoms with Crippen molar-refractivity contribution in [2.75, 3.05) is 11.9 Å². The second-order valence-corrected chi connectivity index (χ2v) is 7.24. The van der Waals surface area contributed by atoms with Gasteiger partial charge in [-0.2, -0.15) is 5.10 Å². The van der Waals surface area contributed by atoms with Crippen molar-refractivity contribution in [2.24, 2.45) is 7.05 Å². The maximum Gasteiger partial charge on any atom is 0.257 e. The molecule has 0 spiro atoms. The molecule has 0 radical (unpaired) electrons. The maximum absolute atomic E-state index is 13.2. The molecule has 0 aliphatic carbocycles. The first kappa shape index (κ1) is 18.0. The molecule has 9 heteroatoms. The molecule has 1 unspecified atom stereocenters. The first-order chi connectivity index (χ1) is 14.7. The maximum atomic E-state index is 13.2. The number of anilines is 2. The Bertz CT molecular complexity index is 1170. The van der Waals surface area contributed by atoms with E-state index >= 15 is 0 Å². The molecule has 1 amide bonds. The quantitative estimate of drug-likeness (QED) is 0.545. The van der Waals surface area contributed by atoms with E-state index in [0.29, 0.717) is 24.6 Å². The topological polar surface area (TPSA) is 105 Å². The lowest BCUT2D eigenvalue weighted by atomic mass is 9.93. The van der Waals surface area contributed by atoms with E-state index in [1.54, 1.807) is 28.3 Å². The molecule has 0 bridgehead atoms. The van der Waals surface area contributed by atoms with E-state index in [4.69, 9.17) is 0 Å². The fraction of sp³-hybridized carbons (Fsp3) is 0.190. The van der Waals surface area contributed by atoms with Crippen molar-refractivity contribution < 1.29 is 4.79 Å². The summed E-state index contributed by atoms with van der Waals surface area (Å²) in [4.78, 5) is 31.2. The number of amides is 1. The number of aromatic amines is 1. The second-order valence-electron chi connectivity index (χ2n) is 7.24. The number of nitrogens with one attached hydrogen (secondary N) is 2. The van der Waals surface area contributed by atoms with Crippen LogP contribution >= 0.6 is 0 Å². The van der Waals surface area contributed by atoms with Crippen LogP contribution in [0, 0.1) is 0 Å². The van der Waals surface area contributed by atoms with Crippen molar-refractivity contribution in [3.05, 3.63) is 84.0 Å². The number of imidazole rings is 1. The van der Waals surface area contributed by atoms with Crippen LogP contribution in [0.3, 0.4) is 0 Å². The monoisotopic (exact) mass is 400 g/mol. The highest BCUT2D eigenvalue weighted by molar-refractivity contribution is 5.94. The normalized spacial score (nSPS) is 15.6. The second kappa shape index (κ2) is 7.43. The number of hydrogen-bond acceptors (Lipinski definition) is 6. The van der Waals surface area contributed by atoms with Crippen molar-refractivity contribution in [1.29, 1.82) is 0 Å². The Morgan fingerprint density at radius 1 is 1.13 bits per heavy atom. The van der Waals surface area contributed by atoms with Crippen LogP contribution in [-0.4, -0.2) is 47.1 Å². The standard InChI is InChI=1S/C21H20N8O/c1-28-10-15(9-26-28)17-11-29(12-18-19(17)25-13-24-18)20(30)14-7-22-21(23-8-14)27-16-5-3-2-4-6-16/h2-10,13,17H,11-12H2,1H3,(H,24,25)(H,22,23,27). The number of hydrogen-bond donors (Lipinski definition) is 2. The number of rotatable bonds is 4. The number of aromatic nitrogens is 6. The molecule has 4 heterocycles. The van der Waals surface area contributed by atoms with Gasteiger partial charge in [0.25, 0.3) is 5.91 Å². The van der Waals surface area contributed by atoms with Gasteiger partial charge in [0.1, 0.15) is 0 Å². The Morgan fingerprint density at radius 3 is 2.67 bits per heavy atom. The van der Waals surface area contributed by atoms with Gasteiger partial charge in [0.15, 0.2) is 0 Å². The summed E-state index contributed by atoms with van der Waals surface area (Å²) >= 11 is 0. The van der Waals surface area contributed by atoms with Gasteiger partial charge >= 0.3 is 0 Å². The molecule has 0 saturated heterocycles. The van der Waals surface area contributed by atoms with Gasteiger partial charge in [-0.25, -0.2) is 15.0 Å². The predicted octanol–water partition coefficient (Wildman–Crippen LogP) is 2.46. The average Bonchev–Trinajstić information content (AvgIpc) is 3.42. The average molecular weight is 400 g/mol. The number of benzene rings is 1. The zero-order valence-electron chi connectivity index (χ0n) is 16.4. The molecule has 1 aromatic carbocycles. The smallest absolute Gasteiger partial charge is 0.257 e. The predicted molar refractivity (Wildman–Crippen MR) is 110 cm³/mol. The highest BCUT2D eigenvalue weighted by atomic mass is 16.2. The van der Waals surface area contributed by atoms with E-state index in [1.807, 2.05) is 49.8 Å². The zero-order chi connectivity index (χ0) is 20.5. The van der Waals surface area contributed by atoms with E-state index in [1.165, 1.54) is 0 Å². The number of para-hydroxylation sites is 1. The number of fused-ring (bicyclic) bond motifs is 1. The summed E-state index contributed by atoms with van der Waals surface area (Å²) in [5, 5.41) is 7.39. The van der Waals surface area contributed by atoms with Gasteiger partial charge in [0, 0.05) is 49.4 Å². The first-order valence-electron chi connectivity index (χ1n) is 9.61. The van der Waals surface area contributed by atoms with E-state index in [9.17, 15) is 4.79 Å². The number of H-pyrrole nitrogens is 1. The third kappa shape index (κ3) is 3.41. The molecular formula is C21H20N8O. The van der Waals surface area contributed by atoms with Gasteiger partial charge in [-0.15, -0.1) is 0 Å². The lowest BCUT2D eigenvalue weighted by molar-refractivity contribution is 0.0721. The van der Waals surface area contributed by atoms with Crippen molar-refractivity contribution in [3.8, 4) is 0 Å². The molecule has 2 N–H and O–H groups in total. The molecule has 0 fully saturated rings. The number of carbonyl (C=O) groups is 1. The summed E-state index contributed by atoms with van der Waals surface area (Å²) in [5.74, 6) is 0.300. The highest BCUT2D eigenvalue weighted by Crippen LogP contribution is 2.31. The van der Waals surface area contributed by atoms with Crippen LogP contribution in [0.2, 0.25) is 0 Å². The van der Waals surface area contributed by atoms with Crippen molar-refractivity contribution in [2.45, 2.75) is 12.5 Å². The molecule has 30 heavy (non-hydrogen) atoms. The fourth-order valence-corrected chi connectivity index (χ4v) is 3.70. The Kier molecular flexibility index (Phi) is 4.47. The molecule has 1 aliphatic rings. The molecule has 150 valence electrons. The Balaban J connectivity index is 1.36. The minimum Gasteiger partial charge on any atom is -0.347 e. The summed E-state index contributed by atoms with van der Waals surface area (Å²) in [5.41, 5.74) is 4.26. The SMILES string of the molecule is Cn1cc(C2CN(C(=O)c3cnc(Nc4ccccc4)nc3)Cc3[nH]cnc32)cn1. The van der Waals surface area contributed by atoms with Gasteiger partial charge in [-0.05, 0) is 12.1 Å². The van der Waals surface area contributed by atoms with Gasteiger partial charge in [-0.1, -0.05) is 18.2 Å². The van der Waals surface area contributed by atoms with Gasteiger partial charge in [0.05, 0.1) is 36.0 Å². The van der Waals surface area contributed by atoms with E-state index in [-0.39, 0.29) is 11.8 Å². The van der Waals surface area contributed by atoms with Gasteiger partial charge < -0.3 is 15.2 Å². The van der Waals surface area contributed by atoms with E-state index in [2.05, 4.69) is 30.4 Å². The number of nitrogens with zero attached hydrogens (tertiary/aromatic N) is 6. The van der Waals surface area contributed by atoms with Crippen LogP contribution < -0.4 is 5.32 Å². The van der Waals surface area contributed by atoms with Crippen molar-refractivity contribution in [1.82, 2.24) is 34.6 Å². The molecule has 4 aromatic rings. The van der Waals surface area contributed by atoms with Crippen molar-refractivity contribution in [3.63, 3.8) is 0 Å². The molecule has 1 aliphatic heterocycles. The Hall–Kier alpha value is -4.01.